The van der Waals surface area contributed by atoms with E-state index in [9.17, 15) is 4.79 Å². The molecule has 0 bridgehead atoms. The van der Waals surface area contributed by atoms with Gasteiger partial charge in [0.05, 0.1) is 17.7 Å². The van der Waals surface area contributed by atoms with Gasteiger partial charge in [-0.15, -0.1) is 0 Å². The molecule has 0 amide bonds. The highest BCUT2D eigenvalue weighted by atomic mass is 16.5. The van der Waals surface area contributed by atoms with E-state index in [0.29, 0.717) is 6.54 Å². The van der Waals surface area contributed by atoms with Gasteiger partial charge in [-0.2, -0.15) is 0 Å². The number of hydrogen-bond donors (Lipinski definition) is 0. The van der Waals surface area contributed by atoms with E-state index in [-0.39, 0.29) is 11.2 Å². The van der Waals surface area contributed by atoms with Crippen molar-refractivity contribution in [3.63, 3.8) is 0 Å². The summed E-state index contributed by atoms with van der Waals surface area (Å²) in [6, 6.07) is 0. The molecule has 3 nitrogen and oxygen atoms in total. The van der Waals surface area contributed by atoms with Crippen LogP contribution in [0.3, 0.4) is 0 Å². The summed E-state index contributed by atoms with van der Waals surface area (Å²) in [6.07, 6.45) is 0.956. The SMILES string of the molecule is CC1(C)CN(CC=O)CC(C)(C)O1. The highest BCUT2D eigenvalue weighted by molar-refractivity contribution is 5.52. The Bertz CT molecular complexity index is 183. The summed E-state index contributed by atoms with van der Waals surface area (Å²) in [6.45, 7) is 10.4. The Balaban J connectivity index is 2.66. The van der Waals surface area contributed by atoms with Gasteiger partial charge in [-0.05, 0) is 27.7 Å². The van der Waals surface area contributed by atoms with E-state index in [1.807, 2.05) is 0 Å². The number of nitrogens with zero attached hydrogens (tertiary/aromatic N) is 1. The molecule has 0 aromatic heterocycles. The maximum atomic E-state index is 10.4. The Kier molecular flexibility index (Phi) is 2.78. The van der Waals surface area contributed by atoms with E-state index >= 15 is 0 Å². The fourth-order valence-corrected chi connectivity index (χ4v) is 2.18. The smallest absolute Gasteiger partial charge is 0.133 e. The summed E-state index contributed by atoms with van der Waals surface area (Å²) in [5.74, 6) is 0. The topological polar surface area (TPSA) is 29.5 Å². The summed E-state index contributed by atoms with van der Waals surface area (Å²) in [5, 5.41) is 0. The van der Waals surface area contributed by atoms with Crippen molar-refractivity contribution >= 4 is 6.29 Å². The second kappa shape index (κ2) is 3.39. The molecule has 0 saturated carbocycles. The van der Waals surface area contributed by atoms with Crippen LogP contribution in [0, 0.1) is 0 Å². The zero-order chi connectivity index (χ0) is 10.1. The molecule has 0 aliphatic carbocycles. The standard InChI is InChI=1S/C10H19NO2/c1-9(2)7-11(5-6-12)8-10(3,4)13-9/h6H,5,7-8H2,1-4H3. The normalized spacial score (nSPS) is 27.1. The van der Waals surface area contributed by atoms with Crippen molar-refractivity contribution in [3.05, 3.63) is 0 Å². The molecule has 1 fully saturated rings. The summed E-state index contributed by atoms with van der Waals surface area (Å²) < 4.78 is 5.88. The third-order valence-corrected chi connectivity index (χ3v) is 2.09. The number of ether oxygens (including phenoxy) is 1. The molecule has 1 saturated heterocycles. The fourth-order valence-electron chi connectivity index (χ4n) is 2.18. The number of carbonyl (C=O) groups excluding carboxylic acids is 1. The van der Waals surface area contributed by atoms with E-state index in [4.69, 9.17) is 4.74 Å². The minimum Gasteiger partial charge on any atom is -0.367 e. The lowest BCUT2D eigenvalue weighted by molar-refractivity contribution is -0.179. The van der Waals surface area contributed by atoms with Crippen molar-refractivity contribution in [2.75, 3.05) is 19.6 Å². The van der Waals surface area contributed by atoms with E-state index in [1.54, 1.807) is 0 Å². The first kappa shape index (κ1) is 10.7. The van der Waals surface area contributed by atoms with Crippen molar-refractivity contribution in [1.29, 1.82) is 0 Å². The van der Waals surface area contributed by atoms with Crippen molar-refractivity contribution in [1.82, 2.24) is 4.90 Å². The molecule has 1 aliphatic heterocycles. The molecule has 1 rings (SSSR count). The number of rotatable bonds is 2. The molecule has 0 aromatic carbocycles. The predicted molar refractivity (Wildman–Crippen MR) is 51.7 cm³/mol. The lowest BCUT2D eigenvalue weighted by Gasteiger charge is -2.46. The first-order valence-corrected chi connectivity index (χ1v) is 4.71. The van der Waals surface area contributed by atoms with Gasteiger partial charge in [-0.25, -0.2) is 0 Å². The molecule has 0 N–H and O–H groups in total. The average Bonchev–Trinajstić information content (AvgIpc) is 1.78. The van der Waals surface area contributed by atoms with Crippen LogP contribution < -0.4 is 0 Å². The third kappa shape index (κ3) is 3.08. The Morgan fingerprint density at radius 1 is 1.23 bits per heavy atom. The second-order valence-electron chi connectivity index (χ2n) is 4.96. The Morgan fingerprint density at radius 3 is 2.08 bits per heavy atom. The van der Waals surface area contributed by atoms with E-state index < -0.39 is 0 Å². The van der Waals surface area contributed by atoms with Gasteiger partial charge < -0.3 is 9.53 Å². The van der Waals surface area contributed by atoms with Gasteiger partial charge >= 0.3 is 0 Å². The minimum atomic E-state index is -0.148. The van der Waals surface area contributed by atoms with Gasteiger partial charge in [-0.1, -0.05) is 0 Å². The number of carbonyl (C=O) groups is 1. The monoisotopic (exact) mass is 185 g/mol. The maximum Gasteiger partial charge on any atom is 0.133 e. The number of aldehydes is 1. The molecule has 0 radical (unpaired) electrons. The van der Waals surface area contributed by atoms with Crippen molar-refractivity contribution < 1.29 is 9.53 Å². The molecular weight excluding hydrogens is 166 g/mol. The molecule has 13 heavy (non-hydrogen) atoms. The maximum absolute atomic E-state index is 10.4. The van der Waals surface area contributed by atoms with Gasteiger partial charge in [0, 0.05) is 13.1 Å². The summed E-state index contributed by atoms with van der Waals surface area (Å²) >= 11 is 0. The first-order chi connectivity index (χ1) is 5.85. The van der Waals surface area contributed by atoms with Gasteiger partial charge in [-0.3, -0.25) is 4.90 Å². The Morgan fingerprint density at radius 2 is 1.69 bits per heavy atom. The second-order valence-corrected chi connectivity index (χ2v) is 4.96. The molecule has 1 aliphatic rings. The lowest BCUT2D eigenvalue weighted by atomic mass is 9.99. The zero-order valence-electron chi connectivity index (χ0n) is 8.96. The highest BCUT2D eigenvalue weighted by Gasteiger charge is 2.37. The van der Waals surface area contributed by atoms with Crippen molar-refractivity contribution in [2.24, 2.45) is 0 Å². The van der Waals surface area contributed by atoms with E-state index in [0.717, 1.165) is 19.4 Å². The fraction of sp³-hybridized carbons (Fsp3) is 0.900. The van der Waals surface area contributed by atoms with Crippen LogP contribution in [0.4, 0.5) is 0 Å². The molecular formula is C10H19NO2. The lowest BCUT2D eigenvalue weighted by Crippen LogP contribution is -2.57. The van der Waals surface area contributed by atoms with Gasteiger partial charge in [0.15, 0.2) is 0 Å². The van der Waals surface area contributed by atoms with Crippen LogP contribution in [-0.2, 0) is 9.53 Å². The third-order valence-electron chi connectivity index (χ3n) is 2.09. The van der Waals surface area contributed by atoms with Crippen molar-refractivity contribution in [2.45, 2.75) is 38.9 Å². The molecule has 0 spiro atoms. The van der Waals surface area contributed by atoms with Crippen LogP contribution >= 0.6 is 0 Å². The predicted octanol–water partition coefficient (Wildman–Crippen LogP) is 1.07. The summed E-state index contributed by atoms with van der Waals surface area (Å²) in [5.41, 5.74) is -0.296. The van der Waals surface area contributed by atoms with Crippen LogP contribution in [0.1, 0.15) is 27.7 Å². The summed E-state index contributed by atoms with van der Waals surface area (Å²) in [4.78, 5) is 12.5. The van der Waals surface area contributed by atoms with Crippen LogP contribution in [0.15, 0.2) is 0 Å². The quantitative estimate of drug-likeness (QED) is 0.603. The molecule has 0 aromatic rings. The highest BCUT2D eigenvalue weighted by Crippen LogP contribution is 2.27. The van der Waals surface area contributed by atoms with Crippen molar-refractivity contribution in [3.8, 4) is 0 Å². The van der Waals surface area contributed by atoms with E-state index in [2.05, 4.69) is 32.6 Å². The van der Waals surface area contributed by atoms with Crippen LogP contribution in [0.2, 0.25) is 0 Å². The zero-order valence-corrected chi connectivity index (χ0v) is 8.96. The molecule has 0 atom stereocenters. The Hall–Kier alpha value is -0.410. The Labute approximate surface area is 80.1 Å². The van der Waals surface area contributed by atoms with Crippen LogP contribution in [0.5, 0.6) is 0 Å². The first-order valence-electron chi connectivity index (χ1n) is 4.71. The minimum absolute atomic E-state index is 0.148. The molecule has 76 valence electrons. The molecule has 0 unspecified atom stereocenters. The number of hydrogen-bond acceptors (Lipinski definition) is 3. The van der Waals surface area contributed by atoms with E-state index in [1.165, 1.54) is 0 Å². The van der Waals surface area contributed by atoms with Gasteiger partial charge in [0.2, 0.25) is 0 Å². The largest absolute Gasteiger partial charge is 0.367 e. The molecule has 3 heteroatoms. The van der Waals surface area contributed by atoms with Crippen LogP contribution in [0.25, 0.3) is 0 Å². The van der Waals surface area contributed by atoms with Crippen LogP contribution in [-0.4, -0.2) is 42.0 Å². The number of morpholine rings is 1. The average molecular weight is 185 g/mol. The van der Waals surface area contributed by atoms with Gasteiger partial charge in [0.1, 0.15) is 6.29 Å². The molecule has 1 heterocycles. The van der Waals surface area contributed by atoms with Gasteiger partial charge in [0.25, 0.3) is 0 Å². The summed E-state index contributed by atoms with van der Waals surface area (Å²) in [7, 11) is 0.